The van der Waals surface area contributed by atoms with Crippen molar-refractivity contribution in [2.75, 3.05) is 0 Å². The van der Waals surface area contributed by atoms with E-state index < -0.39 is 0 Å². The highest BCUT2D eigenvalue weighted by Gasteiger charge is 1.81. The van der Waals surface area contributed by atoms with E-state index in [0.29, 0.717) is 12.0 Å². The molecule has 0 aliphatic rings. The number of hydrogen-bond donors (Lipinski definition) is 1. The Morgan fingerprint density at radius 1 is 1.20 bits per heavy atom. The van der Waals surface area contributed by atoms with Gasteiger partial charge in [-0.2, -0.15) is 0 Å². The van der Waals surface area contributed by atoms with Crippen LogP contribution in [0.5, 0.6) is 0 Å². The zero-order valence-corrected chi connectivity index (χ0v) is 8.86. The summed E-state index contributed by atoms with van der Waals surface area (Å²) in [7, 11) is 0. The number of hydrogen-bond acceptors (Lipinski definition) is 1. The van der Waals surface area contributed by atoms with Gasteiger partial charge in [0.1, 0.15) is 0 Å². The van der Waals surface area contributed by atoms with E-state index in [9.17, 15) is 4.39 Å². The third-order valence-electron chi connectivity index (χ3n) is 1.53. The van der Waals surface area contributed by atoms with E-state index in [1.807, 2.05) is 13.0 Å². The van der Waals surface area contributed by atoms with Crippen molar-refractivity contribution in [2.24, 2.45) is 5.73 Å². The van der Waals surface area contributed by atoms with Crippen molar-refractivity contribution < 1.29 is 4.39 Å². The lowest BCUT2D eigenvalue weighted by Gasteiger charge is -1.90. The Balaban J connectivity index is 4.49. The normalized spacial score (nSPS) is 14.5. The molecule has 0 unspecified atom stereocenters. The molecule has 0 aromatic rings. The van der Waals surface area contributed by atoms with Crippen LogP contribution in [0.15, 0.2) is 72.8 Å². The van der Waals surface area contributed by atoms with E-state index in [1.54, 1.807) is 36.5 Å². The first-order valence-electron chi connectivity index (χ1n) is 4.60. The Morgan fingerprint density at radius 3 is 2.47 bits per heavy atom. The summed E-state index contributed by atoms with van der Waals surface area (Å²) in [5, 5.41) is 0. The maximum absolute atomic E-state index is 11.7. The second-order valence-corrected chi connectivity index (χ2v) is 2.72. The third kappa shape index (κ3) is 7.26. The summed E-state index contributed by atoms with van der Waals surface area (Å²) in [5.41, 5.74) is 7.09. The second-order valence-electron chi connectivity index (χ2n) is 2.72. The predicted octanol–water partition coefficient (Wildman–Crippen LogP) is 3.56. The molecule has 0 aliphatic heterocycles. The fourth-order valence-corrected chi connectivity index (χ4v) is 0.857. The quantitative estimate of drug-likeness (QED) is 0.682. The van der Waals surface area contributed by atoms with Gasteiger partial charge in [0.15, 0.2) is 0 Å². The smallest absolute Gasteiger partial charge is 0.0867 e. The maximum Gasteiger partial charge on any atom is 0.0867 e. The van der Waals surface area contributed by atoms with Crippen LogP contribution in [-0.2, 0) is 0 Å². The van der Waals surface area contributed by atoms with Crippen LogP contribution < -0.4 is 5.73 Å². The van der Waals surface area contributed by atoms with Crippen LogP contribution in [-0.4, -0.2) is 0 Å². The second kappa shape index (κ2) is 8.75. The highest BCUT2D eigenvalue weighted by Crippen LogP contribution is 2.00. The molecule has 0 rings (SSSR count). The summed E-state index contributed by atoms with van der Waals surface area (Å²) in [6.07, 6.45) is 14.0. The molecule has 0 fully saturated rings. The van der Waals surface area contributed by atoms with Crippen molar-refractivity contribution in [3.63, 3.8) is 0 Å². The van der Waals surface area contributed by atoms with Gasteiger partial charge in [-0.25, -0.2) is 4.39 Å². The van der Waals surface area contributed by atoms with Crippen molar-refractivity contribution in [2.45, 2.75) is 6.92 Å². The molecule has 2 N–H and O–H groups in total. The van der Waals surface area contributed by atoms with Gasteiger partial charge in [-0.15, -0.1) is 0 Å². The monoisotopic (exact) mass is 205 g/mol. The molecule has 2 heteroatoms. The molecule has 0 bridgehead atoms. The Morgan fingerprint density at radius 2 is 1.93 bits per heavy atom. The summed E-state index contributed by atoms with van der Waals surface area (Å²) in [6, 6.07) is 0. The minimum Gasteiger partial charge on any atom is -0.399 e. The van der Waals surface area contributed by atoms with Crippen LogP contribution in [0.25, 0.3) is 0 Å². The lowest BCUT2D eigenvalue weighted by molar-refractivity contribution is 0.721. The van der Waals surface area contributed by atoms with Crippen LogP contribution in [0.1, 0.15) is 6.92 Å². The average Bonchev–Trinajstić information content (AvgIpc) is 2.23. The molecule has 0 atom stereocenters. The van der Waals surface area contributed by atoms with Gasteiger partial charge in [0.05, 0.1) is 6.33 Å². The van der Waals surface area contributed by atoms with E-state index in [-0.39, 0.29) is 0 Å². The molecule has 0 amide bonds. The van der Waals surface area contributed by atoms with Gasteiger partial charge in [-0.3, -0.25) is 0 Å². The standard InChI is InChI=1S/C13H16FN/c1-3-7-13(15)10-5-8-12(4-2)9-6-11-14/h3-11H,2,15H2,1H3/b7-3-,8-5+,11-6+,12-9+,13-10+. The molecule has 0 radical (unpaired) electrons. The summed E-state index contributed by atoms with van der Waals surface area (Å²) in [4.78, 5) is 0. The van der Waals surface area contributed by atoms with E-state index in [0.717, 1.165) is 5.57 Å². The van der Waals surface area contributed by atoms with Gasteiger partial charge in [-0.1, -0.05) is 37.0 Å². The Hall–Kier alpha value is -1.83. The lowest BCUT2D eigenvalue weighted by atomic mass is 10.2. The molecule has 0 saturated heterocycles. The van der Waals surface area contributed by atoms with Crippen molar-refractivity contribution in [1.29, 1.82) is 0 Å². The molecule has 0 spiro atoms. The van der Waals surface area contributed by atoms with Crippen molar-refractivity contribution >= 4 is 0 Å². The van der Waals surface area contributed by atoms with Crippen LogP contribution in [0.4, 0.5) is 4.39 Å². The van der Waals surface area contributed by atoms with E-state index in [4.69, 9.17) is 5.73 Å². The third-order valence-corrected chi connectivity index (χ3v) is 1.53. The molecular weight excluding hydrogens is 189 g/mol. The SMILES string of the molecule is C=CC(/C=C/C=C(N)\C=C/C)=C\C=C\F. The average molecular weight is 205 g/mol. The summed E-state index contributed by atoms with van der Waals surface area (Å²) in [6.45, 7) is 5.50. The summed E-state index contributed by atoms with van der Waals surface area (Å²) < 4.78 is 11.7. The highest BCUT2D eigenvalue weighted by atomic mass is 19.1. The molecular formula is C13H16FN. The molecule has 0 aromatic carbocycles. The van der Waals surface area contributed by atoms with Crippen LogP contribution in [0.3, 0.4) is 0 Å². The lowest BCUT2D eigenvalue weighted by Crippen LogP contribution is -1.90. The van der Waals surface area contributed by atoms with E-state index >= 15 is 0 Å². The maximum atomic E-state index is 11.7. The van der Waals surface area contributed by atoms with Gasteiger partial charge < -0.3 is 5.73 Å². The van der Waals surface area contributed by atoms with Crippen LogP contribution in [0.2, 0.25) is 0 Å². The Bertz CT molecular complexity index is 330. The van der Waals surface area contributed by atoms with Crippen molar-refractivity contribution in [1.82, 2.24) is 0 Å². The molecule has 0 aromatic heterocycles. The first-order valence-corrected chi connectivity index (χ1v) is 4.60. The zero-order valence-electron chi connectivity index (χ0n) is 8.86. The van der Waals surface area contributed by atoms with Crippen molar-refractivity contribution in [3.05, 3.63) is 72.8 Å². The number of allylic oxidation sites excluding steroid dienone is 9. The van der Waals surface area contributed by atoms with Gasteiger partial charge in [0.2, 0.25) is 0 Å². The molecule has 15 heavy (non-hydrogen) atoms. The summed E-state index contributed by atoms with van der Waals surface area (Å²) in [5.74, 6) is 0. The van der Waals surface area contributed by atoms with Gasteiger partial charge >= 0.3 is 0 Å². The van der Waals surface area contributed by atoms with Gasteiger partial charge in [0, 0.05) is 5.70 Å². The topological polar surface area (TPSA) is 26.0 Å². The predicted molar refractivity (Wildman–Crippen MR) is 64.8 cm³/mol. The highest BCUT2D eigenvalue weighted by molar-refractivity contribution is 5.35. The molecule has 0 saturated carbocycles. The zero-order chi connectivity index (χ0) is 11.5. The van der Waals surface area contributed by atoms with Gasteiger partial charge in [-0.05, 0) is 30.7 Å². The van der Waals surface area contributed by atoms with Crippen LogP contribution in [0, 0.1) is 0 Å². The van der Waals surface area contributed by atoms with Crippen molar-refractivity contribution in [3.8, 4) is 0 Å². The Kier molecular flexibility index (Phi) is 7.69. The number of halogens is 1. The molecule has 0 aliphatic carbocycles. The molecule has 0 heterocycles. The first-order chi connectivity index (χ1) is 7.24. The minimum atomic E-state index is 0.474. The summed E-state index contributed by atoms with van der Waals surface area (Å²) >= 11 is 0. The molecule has 1 nitrogen and oxygen atoms in total. The van der Waals surface area contributed by atoms with Crippen LogP contribution >= 0.6 is 0 Å². The largest absolute Gasteiger partial charge is 0.399 e. The fraction of sp³-hybridized carbons (Fsp3) is 0.0769. The fourth-order valence-electron chi connectivity index (χ4n) is 0.857. The van der Waals surface area contributed by atoms with E-state index in [2.05, 4.69) is 6.58 Å². The first kappa shape index (κ1) is 13.2. The minimum absolute atomic E-state index is 0.474. The Labute approximate surface area is 90.5 Å². The van der Waals surface area contributed by atoms with Gasteiger partial charge in [0.25, 0.3) is 0 Å². The number of rotatable bonds is 5. The molecule has 80 valence electrons. The number of nitrogens with two attached hydrogens (primary N) is 1. The van der Waals surface area contributed by atoms with E-state index in [1.165, 1.54) is 6.08 Å².